The van der Waals surface area contributed by atoms with Crippen molar-refractivity contribution in [3.8, 4) is 0 Å². The van der Waals surface area contributed by atoms with Crippen molar-refractivity contribution in [1.82, 2.24) is 10.6 Å². The molecule has 3 aliphatic heterocycles. The van der Waals surface area contributed by atoms with E-state index in [1.165, 1.54) is 25.7 Å². The Labute approximate surface area is 155 Å². The standard InChI is InChI=1S/C20H28ClN3O/c21-18-5-1-2-6-19(18)24-9-3-4-17(13-24)23-20(25)12-14-10-15-7-8-16(11-14)22-15/h1-2,5-6,14-17,22H,3-4,7-13H2,(H,23,25). The number of carbonyl (C=O) groups excluding carboxylic acids is 1. The van der Waals surface area contributed by atoms with Crippen LogP contribution < -0.4 is 15.5 Å². The molecule has 2 bridgehead atoms. The molecule has 5 heteroatoms. The molecule has 4 nitrogen and oxygen atoms in total. The minimum atomic E-state index is 0.232. The lowest BCUT2D eigenvalue weighted by atomic mass is 9.89. The summed E-state index contributed by atoms with van der Waals surface area (Å²) in [5.41, 5.74) is 1.08. The van der Waals surface area contributed by atoms with Crippen molar-refractivity contribution in [2.45, 2.75) is 63.1 Å². The number of hydrogen-bond donors (Lipinski definition) is 2. The molecule has 2 N–H and O–H groups in total. The van der Waals surface area contributed by atoms with Crippen LogP contribution in [-0.2, 0) is 4.79 Å². The number of nitrogens with one attached hydrogen (secondary N) is 2. The number of benzene rings is 1. The van der Waals surface area contributed by atoms with Crippen LogP contribution >= 0.6 is 11.6 Å². The van der Waals surface area contributed by atoms with E-state index in [1.807, 2.05) is 18.2 Å². The second-order valence-electron chi connectivity index (χ2n) is 7.98. The molecule has 3 saturated heterocycles. The van der Waals surface area contributed by atoms with E-state index in [1.54, 1.807) is 0 Å². The van der Waals surface area contributed by atoms with Crippen LogP contribution in [0.15, 0.2) is 24.3 Å². The van der Waals surface area contributed by atoms with Gasteiger partial charge in [0, 0.05) is 37.6 Å². The molecule has 0 aliphatic carbocycles. The van der Waals surface area contributed by atoms with Gasteiger partial charge in [0.1, 0.15) is 0 Å². The van der Waals surface area contributed by atoms with Gasteiger partial charge in [-0.2, -0.15) is 0 Å². The Morgan fingerprint density at radius 1 is 1.20 bits per heavy atom. The summed E-state index contributed by atoms with van der Waals surface area (Å²) in [6.07, 6.45) is 7.76. The van der Waals surface area contributed by atoms with Gasteiger partial charge in [-0.15, -0.1) is 0 Å². The highest BCUT2D eigenvalue weighted by Crippen LogP contribution is 2.33. The zero-order valence-corrected chi connectivity index (χ0v) is 15.5. The van der Waals surface area contributed by atoms with E-state index in [0.29, 0.717) is 24.4 Å². The van der Waals surface area contributed by atoms with E-state index in [0.717, 1.165) is 36.6 Å². The molecule has 0 saturated carbocycles. The Hall–Kier alpha value is -1.26. The van der Waals surface area contributed by atoms with Gasteiger partial charge in [-0.1, -0.05) is 23.7 Å². The second-order valence-corrected chi connectivity index (χ2v) is 8.39. The van der Waals surface area contributed by atoms with Gasteiger partial charge in [-0.05, 0) is 56.6 Å². The summed E-state index contributed by atoms with van der Waals surface area (Å²) >= 11 is 6.34. The molecule has 0 radical (unpaired) electrons. The molecule has 1 aromatic carbocycles. The Kier molecular flexibility index (Phi) is 5.18. The zero-order chi connectivity index (χ0) is 17.2. The first-order valence-electron chi connectivity index (χ1n) is 9.72. The molecule has 25 heavy (non-hydrogen) atoms. The van der Waals surface area contributed by atoms with Gasteiger partial charge in [0.15, 0.2) is 0 Å². The molecule has 3 unspecified atom stereocenters. The molecule has 136 valence electrons. The molecule has 3 aliphatic rings. The van der Waals surface area contributed by atoms with E-state index in [9.17, 15) is 4.79 Å². The number of nitrogens with zero attached hydrogens (tertiary/aromatic N) is 1. The fourth-order valence-electron chi connectivity index (χ4n) is 4.91. The van der Waals surface area contributed by atoms with Crippen molar-refractivity contribution in [2.24, 2.45) is 5.92 Å². The van der Waals surface area contributed by atoms with E-state index < -0.39 is 0 Å². The van der Waals surface area contributed by atoms with E-state index >= 15 is 0 Å². The van der Waals surface area contributed by atoms with Gasteiger partial charge in [-0.25, -0.2) is 0 Å². The van der Waals surface area contributed by atoms with Gasteiger partial charge in [0.25, 0.3) is 0 Å². The minimum absolute atomic E-state index is 0.232. The van der Waals surface area contributed by atoms with Crippen molar-refractivity contribution in [3.05, 3.63) is 29.3 Å². The van der Waals surface area contributed by atoms with Gasteiger partial charge < -0.3 is 15.5 Å². The number of para-hydroxylation sites is 1. The van der Waals surface area contributed by atoms with Crippen LogP contribution in [0.25, 0.3) is 0 Å². The lowest BCUT2D eigenvalue weighted by Crippen LogP contribution is -2.48. The number of amides is 1. The molecular weight excluding hydrogens is 334 g/mol. The predicted molar refractivity (Wildman–Crippen MR) is 102 cm³/mol. The first-order chi connectivity index (χ1) is 12.2. The maximum atomic E-state index is 12.5. The SMILES string of the molecule is O=C(CC1CC2CCC(C1)N2)NC1CCCN(c2ccccc2Cl)C1. The molecule has 4 rings (SSSR count). The van der Waals surface area contributed by atoms with E-state index in [2.05, 4.69) is 21.6 Å². The molecular formula is C20H28ClN3O. The average Bonchev–Trinajstić information content (AvgIpc) is 2.94. The number of rotatable bonds is 4. The fraction of sp³-hybridized carbons (Fsp3) is 0.650. The van der Waals surface area contributed by atoms with Crippen molar-refractivity contribution in [3.63, 3.8) is 0 Å². The first kappa shape index (κ1) is 17.2. The number of halogens is 1. The normalized spacial score (nSPS) is 31.8. The Bertz CT molecular complexity index is 611. The van der Waals surface area contributed by atoms with Crippen LogP contribution in [0.5, 0.6) is 0 Å². The lowest BCUT2D eigenvalue weighted by molar-refractivity contribution is -0.123. The van der Waals surface area contributed by atoms with Gasteiger partial charge >= 0.3 is 0 Å². The van der Waals surface area contributed by atoms with Gasteiger partial charge in [0.2, 0.25) is 5.91 Å². The predicted octanol–water partition coefficient (Wildman–Crippen LogP) is 3.35. The van der Waals surface area contributed by atoms with Crippen LogP contribution in [0.1, 0.15) is 44.9 Å². The highest BCUT2D eigenvalue weighted by molar-refractivity contribution is 6.33. The van der Waals surface area contributed by atoms with Crippen LogP contribution in [0.3, 0.4) is 0 Å². The summed E-state index contributed by atoms with van der Waals surface area (Å²) in [5, 5.41) is 7.74. The summed E-state index contributed by atoms with van der Waals surface area (Å²) in [6, 6.07) is 9.53. The fourth-order valence-corrected chi connectivity index (χ4v) is 5.17. The van der Waals surface area contributed by atoms with Crippen molar-refractivity contribution >= 4 is 23.2 Å². The summed E-state index contributed by atoms with van der Waals surface area (Å²) in [6.45, 7) is 1.86. The molecule has 0 spiro atoms. The maximum Gasteiger partial charge on any atom is 0.220 e. The number of hydrogen-bond acceptors (Lipinski definition) is 3. The maximum absolute atomic E-state index is 12.5. The van der Waals surface area contributed by atoms with Crippen molar-refractivity contribution < 1.29 is 4.79 Å². The molecule has 3 fully saturated rings. The summed E-state index contributed by atoms with van der Waals surface area (Å²) in [5.74, 6) is 0.791. The summed E-state index contributed by atoms with van der Waals surface area (Å²) < 4.78 is 0. The summed E-state index contributed by atoms with van der Waals surface area (Å²) in [7, 11) is 0. The number of carbonyl (C=O) groups is 1. The highest BCUT2D eigenvalue weighted by atomic mass is 35.5. The monoisotopic (exact) mass is 361 g/mol. The Balaban J connectivity index is 1.30. The largest absolute Gasteiger partial charge is 0.368 e. The third-order valence-electron chi connectivity index (χ3n) is 6.02. The smallest absolute Gasteiger partial charge is 0.220 e. The number of piperidine rings is 2. The van der Waals surface area contributed by atoms with Crippen molar-refractivity contribution in [1.29, 1.82) is 0 Å². The van der Waals surface area contributed by atoms with Gasteiger partial charge in [0.05, 0.1) is 10.7 Å². The van der Waals surface area contributed by atoms with E-state index in [-0.39, 0.29) is 11.9 Å². The number of fused-ring (bicyclic) bond motifs is 2. The second kappa shape index (κ2) is 7.55. The third-order valence-corrected chi connectivity index (χ3v) is 6.34. The Morgan fingerprint density at radius 3 is 2.72 bits per heavy atom. The molecule has 3 heterocycles. The molecule has 1 aromatic rings. The summed E-state index contributed by atoms with van der Waals surface area (Å²) in [4.78, 5) is 14.9. The van der Waals surface area contributed by atoms with Crippen LogP contribution in [0, 0.1) is 5.92 Å². The van der Waals surface area contributed by atoms with Crippen LogP contribution in [0.2, 0.25) is 5.02 Å². The lowest BCUT2D eigenvalue weighted by Gasteiger charge is -2.35. The average molecular weight is 362 g/mol. The third kappa shape index (κ3) is 4.12. The quantitative estimate of drug-likeness (QED) is 0.864. The van der Waals surface area contributed by atoms with Crippen LogP contribution in [0.4, 0.5) is 5.69 Å². The van der Waals surface area contributed by atoms with E-state index in [4.69, 9.17) is 11.6 Å². The molecule has 0 aromatic heterocycles. The highest BCUT2D eigenvalue weighted by Gasteiger charge is 2.34. The molecule has 1 amide bonds. The first-order valence-corrected chi connectivity index (χ1v) is 10.1. The van der Waals surface area contributed by atoms with Gasteiger partial charge in [-0.3, -0.25) is 4.79 Å². The van der Waals surface area contributed by atoms with Crippen molar-refractivity contribution in [2.75, 3.05) is 18.0 Å². The topological polar surface area (TPSA) is 44.4 Å². The Morgan fingerprint density at radius 2 is 1.96 bits per heavy atom. The van der Waals surface area contributed by atoms with Crippen LogP contribution in [-0.4, -0.2) is 37.1 Å². The zero-order valence-electron chi connectivity index (χ0n) is 14.7. The minimum Gasteiger partial charge on any atom is -0.368 e. The molecule has 3 atom stereocenters. The number of anilines is 1.